The number of amides is 1. The molecule has 1 aromatic rings. The minimum atomic E-state index is -0.0169. The summed E-state index contributed by atoms with van der Waals surface area (Å²) in [6, 6.07) is 1.76. The Morgan fingerprint density at radius 1 is 1.35 bits per heavy atom. The molecule has 6 heteroatoms. The van der Waals surface area contributed by atoms with Crippen LogP contribution >= 0.6 is 0 Å². The van der Waals surface area contributed by atoms with E-state index in [2.05, 4.69) is 21.9 Å². The maximum Gasteiger partial charge on any atom is 0.272 e. The molecule has 0 spiro atoms. The Morgan fingerprint density at radius 2 is 2.13 bits per heavy atom. The second-order valence-corrected chi connectivity index (χ2v) is 6.85. The van der Waals surface area contributed by atoms with E-state index in [0.29, 0.717) is 31.2 Å². The lowest BCUT2D eigenvalue weighted by molar-refractivity contribution is -0.0335. The third-order valence-electron chi connectivity index (χ3n) is 4.39. The van der Waals surface area contributed by atoms with Gasteiger partial charge in [-0.1, -0.05) is 0 Å². The molecule has 126 valence electrons. The summed E-state index contributed by atoms with van der Waals surface area (Å²) >= 11 is 0. The normalized spacial score (nSPS) is 21.7. The summed E-state index contributed by atoms with van der Waals surface area (Å²) < 4.78 is 5.85. The van der Waals surface area contributed by atoms with Gasteiger partial charge < -0.3 is 14.5 Å². The van der Waals surface area contributed by atoms with Gasteiger partial charge in [0.15, 0.2) is 0 Å². The highest BCUT2D eigenvalue weighted by Crippen LogP contribution is 2.29. The largest absolute Gasteiger partial charge is 0.373 e. The van der Waals surface area contributed by atoms with E-state index in [9.17, 15) is 4.79 Å². The van der Waals surface area contributed by atoms with Crippen molar-refractivity contribution in [1.29, 1.82) is 0 Å². The van der Waals surface area contributed by atoms with Crippen LogP contribution in [0.2, 0.25) is 0 Å². The first-order chi connectivity index (χ1) is 11.0. The van der Waals surface area contributed by atoms with Crippen LogP contribution in [0, 0.1) is 19.8 Å². The summed E-state index contributed by atoms with van der Waals surface area (Å²) in [5.41, 5.74) is 1.32. The Bertz CT molecular complexity index is 553. The lowest BCUT2D eigenvalue weighted by atomic mass is 10.2. The van der Waals surface area contributed by atoms with Crippen LogP contribution in [0.25, 0.3) is 0 Å². The summed E-state index contributed by atoms with van der Waals surface area (Å²) in [5.74, 6) is 1.49. The first kappa shape index (κ1) is 16.3. The van der Waals surface area contributed by atoms with E-state index in [1.54, 1.807) is 6.07 Å². The molecule has 1 saturated heterocycles. The van der Waals surface area contributed by atoms with Gasteiger partial charge in [-0.25, -0.2) is 9.97 Å². The van der Waals surface area contributed by atoms with Crippen LogP contribution in [-0.4, -0.2) is 71.6 Å². The van der Waals surface area contributed by atoms with Crippen LogP contribution in [0.1, 0.15) is 34.8 Å². The van der Waals surface area contributed by atoms with Crippen LogP contribution in [0.5, 0.6) is 0 Å². The second-order valence-electron chi connectivity index (χ2n) is 6.85. The topological polar surface area (TPSA) is 58.6 Å². The standard InChI is InChI=1S/C17H26N4O2/c1-12-8-16(19-13(2)18-12)17(22)21-6-7-23-15(11-21)10-20(3)9-14-4-5-14/h8,14-15H,4-7,9-11H2,1-3H3/t15-/m0/s1. The molecule has 3 rings (SSSR count). The smallest absolute Gasteiger partial charge is 0.272 e. The molecule has 0 radical (unpaired) electrons. The predicted molar refractivity (Wildman–Crippen MR) is 87.4 cm³/mol. The van der Waals surface area contributed by atoms with Crippen LogP contribution < -0.4 is 0 Å². The fraction of sp³-hybridized carbons (Fsp3) is 0.706. The van der Waals surface area contributed by atoms with Gasteiger partial charge in [-0.15, -0.1) is 0 Å². The summed E-state index contributed by atoms with van der Waals surface area (Å²) in [7, 11) is 2.14. The van der Waals surface area contributed by atoms with Crippen molar-refractivity contribution in [1.82, 2.24) is 19.8 Å². The molecule has 2 fully saturated rings. The molecule has 1 aliphatic carbocycles. The number of aromatic nitrogens is 2. The van der Waals surface area contributed by atoms with Crippen molar-refractivity contribution in [3.63, 3.8) is 0 Å². The highest BCUT2D eigenvalue weighted by Gasteiger charge is 2.28. The number of carbonyl (C=O) groups is 1. The van der Waals surface area contributed by atoms with Gasteiger partial charge in [0.05, 0.1) is 12.7 Å². The Balaban J connectivity index is 1.59. The average molecular weight is 318 g/mol. The molecular formula is C17H26N4O2. The maximum absolute atomic E-state index is 12.7. The Kier molecular flexibility index (Phi) is 4.92. The van der Waals surface area contributed by atoms with Crippen molar-refractivity contribution in [3.8, 4) is 0 Å². The summed E-state index contributed by atoms with van der Waals surface area (Å²) in [6.07, 6.45) is 2.79. The van der Waals surface area contributed by atoms with E-state index in [1.807, 2.05) is 18.7 Å². The van der Waals surface area contributed by atoms with E-state index in [4.69, 9.17) is 4.74 Å². The molecule has 1 amide bonds. The minimum Gasteiger partial charge on any atom is -0.373 e. The van der Waals surface area contributed by atoms with Crippen LogP contribution in [0.4, 0.5) is 0 Å². The molecule has 1 aromatic heterocycles. The molecule has 23 heavy (non-hydrogen) atoms. The Labute approximate surface area is 137 Å². The van der Waals surface area contributed by atoms with Crippen LogP contribution in [-0.2, 0) is 4.74 Å². The number of carbonyl (C=O) groups excluding carboxylic acids is 1. The highest BCUT2D eigenvalue weighted by atomic mass is 16.5. The Hall–Kier alpha value is -1.53. The van der Waals surface area contributed by atoms with E-state index in [0.717, 1.165) is 24.7 Å². The molecule has 2 aliphatic rings. The molecule has 1 aliphatic heterocycles. The van der Waals surface area contributed by atoms with Crippen molar-refractivity contribution >= 4 is 5.91 Å². The SMILES string of the molecule is Cc1cc(C(=O)N2CCO[C@@H](CN(C)CC3CC3)C2)nc(C)n1. The second kappa shape index (κ2) is 6.93. The predicted octanol–water partition coefficient (Wildman–Crippen LogP) is 1.28. The van der Waals surface area contributed by atoms with E-state index < -0.39 is 0 Å². The molecule has 1 saturated carbocycles. The summed E-state index contributed by atoms with van der Waals surface area (Å²) in [4.78, 5) is 25.4. The summed E-state index contributed by atoms with van der Waals surface area (Å²) in [6.45, 7) is 7.58. The number of aryl methyl sites for hydroxylation is 2. The van der Waals surface area contributed by atoms with Gasteiger partial charge in [0.25, 0.3) is 5.91 Å². The van der Waals surface area contributed by atoms with Gasteiger partial charge in [0.2, 0.25) is 0 Å². The third kappa shape index (κ3) is 4.48. The Morgan fingerprint density at radius 3 is 2.83 bits per heavy atom. The lowest BCUT2D eigenvalue weighted by Gasteiger charge is -2.34. The van der Waals surface area contributed by atoms with E-state index in [1.165, 1.54) is 12.8 Å². The number of likely N-dealkylation sites (N-methyl/N-ethyl adjacent to an activating group) is 1. The number of morpholine rings is 1. The quantitative estimate of drug-likeness (QED) is 0.818. The van der Waals surface area contributed by atoms with Gasteiger partial charge in [-0.2, -0.15) is 0 Å². The highest BCUT2D eigenvalue weighted by molar-refractivity contribution is 5.92. The molecule has 2 heterocycles. The first-order valence-electron chi connectivity index (χ1n) is 8.43. The van der Waals surface area contributed by atoms with Crippen molar-refractivity contribution in [3.05, 3.63) is 23.3 Å². The molecule has 0 aromatic carbocycles. The molecule has 1 atom stereocenters. The zero-order valence-corrected chi connectivity index (χ0v) is 14.3. The summed E-state index contributed by atoms with van der Waals surface area (Å²) in [5, 5.41) is 0. The van der Waals surface area contributed by atoms with Crippen molar-refractivity contribution in [2.45, 2.75) is 32.8 Å². The van der Waals surface area contributed by atoms with Crippen molar-refractivity contribution in [2.75, 3.05) is 39.8 Å². The van der Waals surface area contributed by atoms with Gasteiger partial charge in [0.1, 0.15) is 11.5 Å². The number of hydrogen-bond acceptors (Lipinski definition) is 5. The van der Waals surface area contributed by atoms with Gasteiger partial charge >= 0.3 is 0 Å². The third-order valence-corrected chi connectivity index (χ3v) is 4.39. The van der Waals surface area contributed by atoms with E-state index >= 15 is 0 Å². The van der Waals surface area contributed by atoms with E-state index in [-0.39, 0.29) is 12.0 Å². The number of nitrogens with zero attached hydrogens (tertiary/aromatic N) is 4. The molecule has 6 nitrogen and oxygen atoms in total. The van der Waals surface area contributed by atoms with Crippen LogP contribution in [0.15, 0.2) is 6.07 Å². The maximum atomic E-state index is 12.7. The molecule has 0 unspecified atom stereocenters. The van der Waals surface area contributed by atoms with Gasteiger partial charge in [0, 0.05) is 31.9 Å². The number of hydrogen-bond donors (Lipinski definition) is 0. The fourth-order valence-electron chi connectivity index (χ4n) is 3.17. The molecular weight excluding hydrogens is 292 g/mol. The van der Waals surface area contributed by atoms with Gasteiger partial charge in [-0.3, -0.25) is 4.79 Å². The number of ether oxygens (including phenoxy) is 1. The molecule has 0 N–H and O–H groups in total. The zero-order valence-electron chi connectivity index (χ0n) is 14.3. The fourth-order valence-corrected chi connectivity index (χ4v) is 3.17. The lowest BCUT2D eigenvalue weighted by Crippen LogP contribution is -2.49. The van der Waals surface area contributed by atoms with Crippen molar-refractivity contribution in [2.24, 2.45) is 5.92 Å². The van der Waals surface area contributed by atoms with Crippen LogP contribution in [0.3, 0.4) is 0 Å². The van der Waals surface area contributed by atoms with Gasteiger partial charge in [-0.05, 0) is 45.7 Å². The first-order valence-corrected chi connectivity index (χ1v) is 8.43. The molecule has 0 bridgehead atoms. The van der Waals surface area contributed by atoms with Crippen molar-refractivity contribution < 1.29 is 9.53 Å². The number of rotatable bonds is 5. The minimum absolute atomic E-state index is 0.0169. The average Bonchev–Trinajstić information content (AvgIpc) is 3.29. The zero-order chi connectivity index (χ0) is 16.4. The monoisotopic (exact) mass is 318 g/mol.